The van der Waals surface area contributed by atoms with Gasteiger partial charge in [-0.25, -0.2) is 0 Å². The van der Waals surface area contributed by atoms with Crippen LogP contribution in [0.1, 0.15) is 64.6 Å². The van der Waals surface area contributed by atoms with Gasteiger partial charge in [0.2, 0.25) is 0 Å². The van der Waals surface area contributed by atoms with Gasteiger partial charge in [-0.3, -0.25) is 0 Å². The molecule has 0 fully saturated rings. The summed E-state index contributed by atoms with van der Waals surface area (Å²) in [4.78, 5) is 0. The number of nitrogens with one attached hydrogen (secondary N) is 1. The molecule has 0 saturated heterocycles. The number of benzene rings is 1. The fourth-order valence-electron chi connectivity index (χ4n) is 2.22. The minimum atomic E-state index is 0.356. The van der Waals surface area contributed by atoms with Crippen molar-refractivity contribution in [3.05, 3.63) is 35.4 Å². The van der Waals surface area contributed by atoms with Gasteiger partial charge in [-0.1, -0.05) is 58.9 Å². The monoisotopic (exact) mass is 247 g/mol. The zero-order valence-corrected chi connectivity index (χ0v) is 12.7. The molecule has 1 atom stereocenters. The molecule has 0 bridgehead atoms. The molecular weight excluding hydrogens is 218 g/mol. The summed E-state index contributed by atoms with van der Waals surface area (Å²) >= 11 is 0. The summed E-state index contributed by atoms with van der Waals surface area (Å²) in [5.41, 5.74) is 3.20. The van der Waals surface area contributed by atoms with Crippen molar-refractivity contribution in [2.45, 2.75) is 59.9 Å². The first kappa shape index (κ1) is 15.2. The Morgan fingerprint density at radius 1 is 1.06 bits per heavy atom. The number of hydrogen-bond acceptors (Lipinski definition) is 1. The van der Waals surface area contributed by atoms with Crippen molar-refractivity contribution in [2.75, 3.05) is 6.54 Å². The molecule has 0 spiro atoms. The van der Waals surface area contributed by atoms with Crippen LogP contribution >= 0.6 is 0 Å². The molecule has 1 N–H and O–H groups in total. The average Bonchev–Trinajstić information content (AvgIpc) is 2.33. The zero-order valence-electron chi connectivity index (χ0n) is 12.7. The topological polar surface area (TPSA) is 12.0 Å². The van der Waals surface area contributed by atoms with Crippen molar-refractivity contribution in [3.8, 4) is 0 Å². The molecule has 0 aliphatic heterocycles. The SMILES string of the molecule is CCCNC(CC(C)(C)C)c1ccc(CC)cc1. The van der Waals surface area contributed by atoms with Gasteiger partial charge in [0.1, 0.15) is 0 Å². The van der Waals surface area contributed by atoms with Gasteiger partial charge < -0.3 is 5.32 Å². The minimum absolute atomic E-state index is 0.356. The fraction of sp³-hybridized carbons (Fsp3) is 0.647. The van der Waals surface area contributed by atoms with Gasteiger partial charge in [-0.2, -0.15) is 0 Å². The molecule has 1 aromatic carbocycles. The fourth-order valence-corrected chi connectivity index (χ4v) is 2.22. The van der Waals surface area contributed by atoms with E-state index in [-0.39, 0.29) is 0 Å². The van der Waals surface area contributed by atoms with E-state index in [9.17, 15) is 0 Å². The summed E-state index contributed by atoms with van der Waals surface area (Å²) in [7, 11) is 0. The van der Waals surface area contributed by atoms with E-state index < -0.39 is 0 Å². The van der Waals surface area contributed by atoms with Gasteiger partial charge in [0.15, 0.2) is 0 Å². The molecule has 1 nitrogen and oxygen atoms in total. The molecule has 0 heterocycles. The molecule has 102 valence electrons. The normalized spacial score (nSPS) is 13.6. The second-order valence-electron chi connectivity index (χ2n) is 6.37. The summed E-state index contributed by atoms with van der Waals surface area (Å²) in [6, 6.07) is 9.59. The first-order chi connectivity index (χ1) is 8.46. The standard InChI is InChI=1S/C17H29N/c1-6-12-18-16(13-17(3,4)5)15-10-8-14(7-2)9-11-15/h8-11,16,18H,6-7,12-13H2,1-5H3. The molecule has 0 saturated carbocycles. The Bertz CT molecular complexity index is 332. The number of aryl methyl sites for hydroxylation is 1. The summed E-state index contributed by atoms with van der Waals surface area (Å²) in [6.07, 6.45) is 3.48. The highest BCUT2D eigenvalue weighted by Crippen LogP contribution is 2.29. The van der Waals surface area contributed by atoms with E-state index in [2.05, 4.69) is 64.2 Å². The summed E-state index contributed by atoms with van der Waals surface area (Å²) < 4.78 is 0. The molecule has 1 heteroatoms. The average molecular weight is 247 g/mol. The van der Waals surface area contributed by atoms with Crippen molar-refractivity contribution in [1.82, 2.24) is 5.32 Å². The van der Waals surface area contributed by atoms with E-state index in [4.69, 9.17) is 0 Å². The highest BCUT2D eigenvalue weighted by Gasteiger charge is 2.19. The first-order valence-corrected chi connectivity index (χ1v) is 7.28. The van der Waals surface area contributed by atoms with Gasteiger partial charge in [-0.15, -0.1) is 0 Å². The molecule has 1 rings (SSSR count). The van der Waals surface area contributed by atoms with Crippen molar-refractivity contribution in [2.24, 2.45) is 5.41 Å². The van der Waals surface area contributed by atoms with Crippen molar-refractivity contribution in [3.63, 3.8) is 0 Å². The molecule has 0 aliphatic carbocycles. The second-order valence-corrected chi connectivity index (χ2v) is 6.37. The van der Waals surface area contributed by atoms with Crippen LogP contribution in [-0.2, 0) is 6.42 Å². The molecule has 1 unspecified atom stereocenters. The molecular formula is C17H29N. The Hall–Kier alpha value is -0.820. The van der Waals surface area contributed by atoms with Crippen LogP contribution < -0.4 is 5.32 Å². The van der Waals surface area contributed by atoms with E-state index in [0.29, 0.717) is 11.5 Å². The van der Waals surface area contributed by atoms with E-state index in [1.54, 1.807) is 0 Å². The lowest BCUT2D eigenvalue weighted by Crippen LogP contribution is -2.26. The molecule has 18 heavy (non-hydrogen) atoms. The van der Waals surface area contributed by atoms with Gasteiger partial charge in [0, 0.05) is 6.04 Å². The predicted octanol–water partition coefficient (Wildman–Crippen LogP) is 4.73. The Balaban J connectivity index is 2.79. The van der Waals surface area contributed by atoms with Crippen molar-refractivity contribution >= 4 is 0 Å². The van der Waals surface area contributed by atoms with Crippen LogP contribution in [-0.4, -0.2) is 6.54 Å². The quantitative estimate of drug-likeness (QED) is 0.766. The highest BCUT2D eigenvalue weighted by atomic mass is 14.9. The Labute approximate surface area is 113 Å². The number of hydrogen-bond donors (Lipinski definition) is 1. The van der Waals surface area contributed by atoms with Gasteiger partial charge in [-0.05, 0) is 42.3 Å². The predicted molar refractivity (Wildman–Crippen MR) is 80.9 cm³/mol. The third-order valence-electron chi connectivity index (χ3n) is 3.25. The van der Waals surface area contributed by atoms with Gasteiger partial charge >= 0.3 is 0 Å². The van der Waals surface area contributed by atoms with Crippen LogP contribution in [0.2, 0.25) is 0 Å². The van der Waals surface area contributed by atoms with Crippen LogP contribution in [0.25, 0.3) is 0 Å². The Morgan fingerprint density at radius 3 is 2.11 bits per heavy atom. The van der Waals surface area contributed by atoms with E-state index in [1.165, 1.54) is 24.0 Å². The summed E-state index contributed by atoms with van der Waals surface area (Å²) in [5, 5.41) is 3.68. The minimum Gasteiger partial charge on any atom is -0.310 e. The molecule has 0 radical (unpaired) electrons. The van der Waals surface area contributed by atoms with Crippen LogP contribution in [0.5, 0.6) is 0 Å². The van der Waals surface area contributed by atoms with Crippen LogP contribution in [0, 0.1) is 5.41 Å². The number of rotatable bonds is 6. The largest absolute Gasteiger partial charge is 0.310 e. The van der Waals surface area contributed by atoms with Crippen molar-refractivity contribution in [1.29, 1.82) is 0 Å². The van der Waals surface area contributed by atoms with E-state index in [1.807, 2.05) is 0 Å². The lowest BCUT2D eigenvalue weighted by molar-refractivity contribution is 0.311. The van der Waals surface area contributed by atoms with Crippen molar-refractivity contribution < 1.29 is 0 Å². The molecule has 0 aliphatic rings. The van der Waals surface area contributed by atoms with Crippen LogP contribution in [0.15, 0.2) is 24.3 Å². The molecule has 0 amide bonds. The van der Waals surface area contributed by atoms with Crippen LogP contribution in [0.3, 0.4) is 0 Å². The molecule has 0 aromatic heterocycles. The molecule has 1 aromatic rings. The van der Waals surface area contributed by atoms with E-state index >= 15 is 0 Å². The Morgan fingerprint density at radius 2 is 1.67 bits per heavy atom. The second kappa shape index (κ2) is 6.94. The first-order valence-electron chi connectivity index (χ1n) is 7.28. The highest BCUT2D eigenvalue weighted by molar-refractivity contribution is 5.25. The maximum Gasteiger partial charge on any atom is 0.0325 e. The van der Waals surface area contributed by atoms with Gasteiger partial charge in [0.05, 0.1) is 0 Å². The third-order valence-corrected chi connectivity index (χ3v) is 3.25. The van der Waals surface area contributed by atoms with Gasteiger partial charge in [0.25, 0.3) is 0 Å². The van der Waals surface area contributed by atoms with Crippen LogP contribution in [0.4, 0.5) is 0 Å². The smallest absolute Gasteiger partial charge is 0.0325 e. The summed E-state index contributed by atoms with van der Waals surface area (Å²) in [5.74, 6) is 0. The lowest BCUT2D eigenvalue weighted by atomic mass is 9.85. The summed E-state index contributed by atoms with van der Waals surface area (Å²) in [6.45, 7) is 12.5. The Kier molecular flexibility index (Phi) is 5.87. The zero-order chi connectivity index (χ0) is 13.6. The maximum absolute atomic E-state index is 3.68. The lowest BCUT2D eigenvalue weighted by Gasteiger charge is -2.27. The third kappa shape index (κ3) is 5.22. The van der Waals surface area contributed by atoms with E-state index in [0.717, 1.165) is 13.0 Å². The maximum atomic E-state index is 3.68.